The van der Waals surface area contributed by atoms with E-state index < -0.39 is 0 Å². The molecule has 3 nitrogen and oxygen atoms in total. The number of ether oxygens (including phenoxy) is 1. The Morgan fingerprint density at radius 3 is 2.44 bits per heavy atom. The maximum absolute atomic E-state index is 9.03. The Hall–Kier alpha value is -1.53. The van der Waals surface area contributed by atoms with Gasteiger partial charge >= 0.3 is 0 Å². The molecule has 0 saturated heterocycles. The van der Waals surface area contributed by atoms with Gasteiger partial charge in [0, 0.05) is 13.1 Å². The van der Waals surface area contributed by atoms with Crippen molar-refractivity contribution in [3.05, 3.63) is 28.8 Å². The number of rotatable bonds is 1. The van der Waals surface area contributed by atoms with Gasteiger partial charge in [-0.3, -0.25) is 0 Å². The molecule has 1 aromatic carbocycles. The highest BCUT2D eigenvalue weighted by molar-refractivity contribution is 5.49. The van der Waals surface area contributed by atoms with Crippen molar-refractivity contribution in [1.29, 1.82) is 5.26 Å². The molecule has 0 N–H and O–H groups in total. The van der Waals surface area contributed by atoms with Crippen molar-refractivity contribution < 1.29 is 4.74 Å². The highest BCUT2D eigenvalue weighted by Crippen LogP contribution is 2.25. The van der Waals surface area contributed by atoms with E-state index in [1.807, 2.05) is 12.1 Å². The van der Waals surface area contributed by atoms with Crippen LogP contribution in [0.25, 0.3) is 0 Å². The van der Waals surface area contributed by atoms with E-state index in [0.717, 1.165) is 25.9 Å². The average Bonchev–Trinajstić information content (AvgIpc) is 2.50. The number of nitrogens with zero attached hydrogens (tertiary/aromatic N) is 2. The van der Waals surface area contributed by atoms with Crippen molar-refractivity contribution in [2.75, 3.05) is 27.2 Å². The zero-order valence-corrected chi connectivity index (χ0v) is 9.79. The molecule has 1 aliphatic heterocycles. The van der Waals surface area contributed by atoms with E-state index >= 15 is 0 Å². The molecule has 1 aromatic rings. The van der Waals surface area contributed by atoms with Gasteiger partial charge in [-0.2, -0.15) is 5.26 Å². The summed E-state index contributed by atoms with van der Waals surface area (Å²) in [7, 11) is 3.75. The van der Waals surface area contributed by atoms with Crippen molar-refractivity contribution >= 4 is 0 Å². The van der Waals surface area contributed by atoms with Gasteiger partial charge in [0.2, 0.25) is 0 Å². The van der Waals surface area contributed by atoms with Crippen LogP contribution in [0.15, 0.2) is 12.1 Å². The Morgan fingerprint density at radius 1 is 1.25 bits per heavy atom. The summed E-state index contributed by atoms with van der Waals surface area (Å²) in [6.07, 6.45) is 2.05. The zero-order chi connectivity index (χ0) is 11.5. The molecule has 0 aliphatic carbocycles. The van der Waals surface area contributed by atoms with Crippen LogP contribution < -0.4 is 4.74 Å². The van der Waals surface area contributed by atoms with Crippen LogP contribution >= 0.6 is 0 Å². The minimum atomic E-state index is 0.644. The van der Waals surface area contributed by atoms with E-state index in [4.69, 9.17) is 10.00 Å². The van der Waals surface area contributed by atoms with Gasteiger partial charge in [-0.25, -0.2) is 0 Å². The molecule has 84 valence electrons. The summed E-state index contributed by atoms with van der Waals surface area (Å²) >= 11 is 0. The fourth-order valence-corrected chi connectivity index (χ4v) is 2.12. The summed E-state index contributed by atoms with van der Waals surface area (Å²) in [5.41, 5.74) is 3.26. The van der Waals surface area contributed by atoms with E-state index in [2.05, 4.69) is 18.0 Å². The van der Waals surface area contributed by atoms with Crippen LogP contribution in [0.4, 0.5) is 0 Å². The fraction of sp³-hybridized carbons (Fsp3) is 0.462. The maximum atomic E-state index is 9.03. The van der Waals surface area contributed by atoms with E-state index in [1.165, 1.54) is 11.1 Å². The monoisotopic (exact) mass is 216 g/mol. The Kier molecular flexibility index (Phi) is 3.12. The van der Waals surface area contributed by atoms with Crippen LogP contribution in [-0.4, -0.2) is 32.1 Å². The van der Waals surface area contributed by atoms with Gasteiger partial charge in [0.05, 0.1) is 12.7 Å². The molecule has 0 saturated carbocycles. The molecule has 16 heavy (non-hydrogen) atoms. The Morgan fingerprint density at radius 2 is 1.88 bits per heavy atom. The molecule has 0 spiro atoms. The lowest BCUT2D eigenvalue weighted by Gasteiger charge is -2.10. The van der Waals surface area contributed by atoms with Crippen LogP contribution in [0.5, 0.6) is 5.75 Å². The smallest absolute Gasteiger partial charge is 0.136 e. The van der Waals surface area contributed by atoms with Crippen molar-refractivity contribution in [2.24, 2.45) is 0 Å². The van der Waals surface area contributed by atoms with Crippen molar-refractivity contribution in [3.8, 4) is 11.8 Å². The van der Waals surface area contributed by atoms with E-state index in [9.17, 15) is 0 Å². The highest BCUT2D eigenvalue weighted by atomic mass is 16.5. The van der Waals surface area contributed by atoms with Crippen LogP contribution in [-0.2, 0) is 12.8 Å². The molecule has 0 amide bonds. The third kappa shape index (κ3) is 2.02. The van der Waals surface area contributed by atoms with Crippen molar-refractivity contribution in [3.63, 3.8) is 0 Å². The summed E-state index contributed by atoms with van der Waals surface area (Å²) in [4.78, 5) is 2.32. The summed E-state index contributed by atoms with van der Waals surface area (Å²) in [6.45, 7) is 2.13. The van der Waals surface area contributed by atoms with E-state index in [0.29, 0.717) is 11.3 Å². The number of nitriles is 1. The van der Waals surface area contributed by atoms with Crippen LogP contribution in [0.1, 0.15) is 16.7 Å². The molecule has 0 unspecified atom stereocenters. The van der Waals surface area contributed by atoms with Crippen molar-refractivity contribution in [1.82, 2.24) is 4.90 Å². The first-order chi connectivity index (χ1) is 7.74. The number of methoxy groups -OCH3 is 1. The van der Waals surface area contributed by atoms with Crippen LogP contribution in [0.2, 0.25) is 0 Å². The molecule has 0 radical (unpaired) electrons. The number of fused-ring (bicyclic) bond motifs is 1. The predicted octanol–water partition coefficient (Wildman–Crippen LogP) is 1.60. The minimum Gasteiger partial charge on any atom is -0.495 e. The van der Waals surface area contributed by atoms with Gasteiger partial charge in [-0.15, -0.1) is 0 Å². The lowest BCUT2D eigenvalue weighted by Crippen LogP contribution is -2.20. The van der Waals surface area contributed by atoms with Gasteiger partial charge in [0.25, 0.3) is 0 Å². The molecule has 1 heterocycles. The van der Waals surface area contributed by atoms with Gasteiger partial charge < -0.3 is 9.64 Å². The van der Waals surface area contributed by atoms with Gasteiger partial charge in [-0.1, -0.05) is 0 Å². The molecular formula is C13H16N2O. The molecule has 0 bridgehead atoms. The fourth-order valence-electron chi connectivity index (χ4n) is 2.12. The normalized spacial score (nSPS) is 16.1. The van der Waals surface area contributed by atoms with Gasteiger partial charge in [-0.05, 0) is 43.1 Å². The third-order valence-electron chi connectivity index (χ3n) is 3.17. The molecule has 0 atom stereocenters. The van der Waals surface area contributed by atoms with Gasteiger partial charge in [0.1, 0.15) is 11.8 Å². The first-order valence-corrected chi connectivity index (χ1v) is 5.53. The van der Waals surface area contributed by atoms with Crippen LogP contribution in [0, 0.1) is 11.3 Å². The summed E-state index contributed by atoms with van der Waals surface area (Å²) < 4.78 is 5.23. The Balaban J connectivity index is 2.42. The largest absolute Gasteiger partial charge is 0.495 e. The number of hydrogen-bond acceptors (Lipinski definition) is 3. The number of hydrogen-bond donors (Lipinski definition) is 0. The zero-order valence-electron chi connectivity index (χ0n) is 9.79. The quantitative estimate of drug-likeness (QED) is 0.715. The molecule has 0 aromatic heterocycles. The Labute approximate surface area is 96.2 Å². The standard InChI is InChI=1S/C13H16N2O/c1-15-5-3-10-7-12(9-14)13(16-2)8-11(10)4-6-15/h7-8H,3-6H2,1-2H3. The predicted molar refractivity (Wildman–Crippen MR) is 62.6 cm³/mol. The molecular weight excluding hydrogens is 200 g/mol. The lowest BCUT2D eigenvalue weighted by atomic mass is 9.99. The molecule has 3 heteroatoms. The molecule has 2 rings (SSSR count). The summed E-state index contributed by atoms with van der Waals surface area (Å²) in [5.74, 6) is 0.700. The highest BCUT2D eigenvalue weighted by Gasteiger charge is 2.14. The third-order valence-corrected chi connectivity index (χ3v) is 3.17. The van der Waals surface area contributed by atoms with Crippen molar-refractivity contribution in [2.45, 2.75) is 12.8 Å². The second-order valence-corrected chi connectivity index (χ2v) is 4.24. The van der Waals surface area contributed by atoms with Gasteiger partial charge in [0.15, 0.2) is 0 Å². The second-order valence-electron chi connectivity index (χ2n) is 4.24. The Bertz CT molecular complexity index is 434. The topological polar surface area (TPSA) is 36.3 Å². The first kappa shape index (κ1) is 11.0. The van der Waals surface area contributed by atoms with E-state index in [1.54, 1.807) is 7.11 Å². The number of benzene rings is 1. The maximum Gasteiger partial charge on any atom is 0.136 e. The summed E-state index contributed by atoms with van der Waals surface area (Å²) in [6, 6.07) is 6.19. The first-order valence-electron chi connectivity index (χ1n) is 5.53. The SMILES string of the molecule is COc1cc2c(cc1C#N)CCN(C)CC2. The van der Waals surface area contributed by atoms with Crippen LogP contribution in [0.3, 0.4) is 0 Å². The molecule has 0 fully saturated rings. The summed E-state index contributed by atoms with van der Waals surface area (Å²) in [5, 5.41) is 9.03. The minimum absolute atomic E-state index is 0.644. The molecule has 1 aliphatic rings. The average molecular weight is 216 g/mol. The number of likely N-dealkylation sites (N-methyl/N-ethyl adjacent to an activating group) is 1. The van der Waals surface area contributed by atoms with E-state index in [-0.39, 0.29) is 0 Å². The second kappa shape index (κ2) is 4.54. The lowest BCUT2D eigenvalue weighted by molar-refractivity contribution is 0.352.